The Morgan fingerprint density at radius 3 is 1.41 bits per heavy atom. The summed E-state index contributed by atoms with van der Waals surface area (Å²) in [6.45, 7) is 17.5. The average molecular weight is 1250 g/mol. The number of anilines is 4. The van der Waals surface area contributed by atoms with Gasteiger partial charge in [-0.15, -0.1) is 0 Å². The van der Waals surface area contributed by atoms with Crippen molar-refractivity contribution in [2.45, 2.75) is 118 Å². The van der Waals surface area contributed by atoms with Crippen molar-refractivity contribution >= 4 is 81.2 Å². The number of carboxylic acid groups (broad SMARTS) is 2. The molecule has 0 radical (unpaired) electrons. The summed E-state index contributed by atoms with van der Waals surface area (Å²) in [4.78, 5) is 97.2. The number of fused-ring (bicyclic) bond motifs is 2. The Morgan fingerprint density at radius 1 is 0.556 bits per heavy atom. The summed E-state index contributed by atoms with van der Waals surface area (Å²) in [6.07, 6.45) is 10.7. The van der Waals surface area contributed by atoms with Crippen molar-refractivity contribution in [2.75, 3.05) is 115 Å². The molecule has 26 nitrogen and oxygen atoms in total. The fourth-order valence-electron chi connectivity index (χ4n) is 11.1. The number of hydrogen-bond donors (Lipinski definition) is 8. The van der Waals surface area contributed by atoms with E-state index in [1.54, 1.807) is 21.1 Å². The second kappa shape index (κ2) is 34.3. The number of amides is 4. The minimum absolute atomic E-state index is 0.0168. The molecule has 0 saturated carbocycles. The molecule has 2 aliphatic rings. The molecule has 2 aliphatic heterocycles. The second-order valence-electron chi connectivity index (χ2n) is 23.2. The van der Waals surface area contributed by atoms with Gasteiger partial charge in [-0.05, 0) is 60.4 Å². The predicted octanol–water partition coefficient (Wildman–Crippen LogP) is 5.87. The van der Waals surface area contributed by atoms with Crippen LogP contribution in [0.2, 0.25) is 0 Å². The van der Waals surface area contributed by atoms with Gasteiger partial charge in [0.05, 0.1) is 50.7 Å². The number of nitrogens with zero attached hydrogens (tertiary/aromatic N) is 10. The van der Waals surface area contributed by atoms with Crippen LogP contribution in [-0.2, 0) is 54.9 Å². The highest BCUT2D eigenvalue weighted by molar-refractivity contribution is 5.89. The number of methoxy groups -OCH3 is 2. The maximum absolute atomic E-state index is 12.7. The fourth-order valence-corrected chi connectivity index (χ4v) is 11.1. The molecular weight excluding hydrogens is 1150 g/mol. The van der Waals surface area contributed by atoms with Crippen LogP contribution in [0.15, 0.2) is 60.9 Å². The van der Waals surface area contributed by atoms with Crippen LogP contribution in [-0.4, -0.2) is 187 Å². The van der Waals surface area contributed by atoms with Gasteiger partial charge < -0.3 is 71.4 Å². The highest BCUT2D eigenvalue weighted by Crippen LogP contribution is 2.30. The number of aromatic nitrogens is 6. The van der Waals surface area contributed by atoms with Crippen molar-refractivity contribution in [3.8, 4) is 11.5 Å². The maximum Gasteiger partial charge on any atom is 0.306 e. The molecule has 8 rings (SSSR count). The van der Waals surface area contributed by atoms with Gasteiger partial charge in [0.15, 0.2) is 11.6 Å². The van der Waals surface area contributed by atoms with Crippen LogP contribution in [0.3, 0.4) is 0 Å². The van der Waals surface area contributed by atoms with Gasteiger partial charge in [-0.25, -0.2) is 9.97 Å². The molecule has 0 spiro atoms. The number of unbranched alkanes of at least 4 members (excludes halogenated alkanes) is 4. The molecule has 4 aromatic heterocycles. The third-order valence-corrected chi connectivity index (χ3v) is 16.2. The lowest BCUT2D eigenvalue weighted by atomic mass is 10.1. The highest BCUT2D eigenvalue weighted by atomic mass is 16.5. The predicted molar refractivity (Wildman–Crippen MR) is 346 cm³/mol. The topological polar surface area (TPSA) is 336 Å². The molecule has 2 fully saturated rings. The van der Waals surface area contributed by atoms with Crippen LogP contribution in [0.5, 0.6) is 11.5 Å². The number of nitrogens with one attached hydrogen (secondary N) is 4. The van der Waals surface area contributed by atoms with Gasteiger partial charge in [-0.1, -0.05) is 65.5 Å². The summed E-state index contributed by atoms with van der Waals surface area (Å²) in [5, 5.41) is 30.0. The number of nitrogens with two attached hydrogens (primary N) is 2. The van der Waals surface area contributed by atoms with Crippen molar-refractivity contribution in [2.24, 2.45) is 11.8 Å². The van der Waals surface area contributed by atoms with Crippen molar-refractivity contribution < 1.29 is 48.5 Å². The Kier molecular flexibility index (Phi) is 26.2. The Morgan fingerprint density at radius 2 is 1.00 bits per heavy atom. The molecule has 10 N–H and O–H groups in total. The normalized spacial score (nSPS) is 14.3. The molecule has 6 aromatic rings. The summed E-state index contributed by atoms with van der Waals surface area (Å²) in [6, 6.07) is 16.4. The lowest BCUT2D eigenvalue weighted by Gasteiger charge is -2.35. The van der Waals surface area contributed by atoms with Crippen molar-refractivity contribution in [1.82, 2.24) is 59.3 Å². The van der Waals surface area contributed by atoms with E-state index in [9.17, 15) is 28.8 Å². The maximum atomic E-state index is 12.7. The van der Waals surface area contributed by atoms with Gasteiger partial charge in [0.1, 0.15) is 22.5 Å². The Labute approximate surface area is 526 Å². The van der Waals surface area contributed by atoms with E-state index in [1.807, 2.05) is 46.5 Å². The van der Waals surface area contributed by atoms with Gasteiger partial charge in [0.25, 0.3) is 0 Å². The van der Waals surface area contributed by atoms with Crippen LogP contribution in [0.25, 0.3) is 22.1 Å². The molecule has 2 aromatic carbocycles. The minimum atomic E-state index is -1.02. The first-order chi connectivity index (χ1) is 43.4. The molecule has 90 heavy (non-hydrogen) atoms. The largest absolute Gasteiger partial charge is 0.496 e. The standard InChI is InChI=1S/2C32H46N8O5/c1-4-5-6-11-35-30-29-25(36-32(33)37-30)10-13-40(29)21-24-19-23(7-8-26(24)45-3)20-38-14-16-39(17-15-38)28(42)9-12-34-27(41)18-22(2)31(43)44;1-4-5-6-11-34-30-29-25(36-32(33)37-30)10-13-40(29)21-24-19-23(7-8-26(24)45-3)20-38-14-16-39(17-15-38)27(41)9-12-35-31(44)22(2)18-28(42)43/h7-8,10,13,19,22H,4-6,9,11-12,14-18,20-21H2,1-3H3,(H,34,41)(H,43,44)(H3,33,35,36,37);7-8,10,13,19,22H,4-6,9,11-12,14-18,20-21H2,1-3H3,(H,35,44)(H,42,43)(H3,33,34,36,37). The molecule has 2 atom stereocenters. The van der Waals surface area contributed by atoms with E-state index in [0.29, 0.717) is 39.3 Å². The first-order valence-electron chi connectivity index (χ1n) is 31.4. The Balaban J connectivity index is 0.000000256. The molecule has 6 heterocycles. The third-order valence-electron chi connectivity index (χ3n) is 16.2. The van der Waals surface area contributed by atoms with Crippen LogP contribution < -0.4 is 42.2 Å². The molecule has 4 amide bonds. The van der Waals surface area contributed by atoms with Crippen LogP contribution >= 0.6 is 0 Å². The van der Waals surface area contributed by atoms with Gasteiger partial charge in [0.2, 0.25) is 35.5 Å². The van der Waals surface area contributed by atoms with Crippen molar-refractivity contribution in [3.63, 3.8) is 0 Å². The zero-order valence-corrected chi connectivity index (χ0v) is 53.1. The number of carbonyl (C=O) groups excluding carboxylic acids is 4. The number of carboxylic acids is 2. The molecular formula is C64H92N16O10. The molecule has 26 heteroatoms. The van der Waals surface area contributed by atoms with Crippen LogP contribution in [0.1, 0.15) is 114 Å². The minimum Gasteiger partial charge on any atom is -0.496 e. The summed E-state index contributed by atoms with van der Waals surface area (Å²) in [5.74, 6) is -0.611. The number of benzene rings is 2. The van der Waals surface area contributed by atoms with Gasteiger partial charge in [-0.2, -0.15) is 9.97 Å². The monoisotopic (exact) mass is 1240 g/mol. The zero-order valence-electron chi connectivity index (χ0n) is 53.1. The lowest BCUT2D eigenvalue weighted by molar-refractivity contribution is -0.143. The van der Waals surface area contributed by atoms with E-state index < -0.39 is 23.8 Å². The lowest BCUT2D eigenvalue weighted by Crippen LogP contribution is -2.48. The Bertz CT molecular complexity index is 3370. The first-order valence-corrected chi connectivity index (χ1v) is 31.4. The number of carbonyl (C=O) groups is 6. The smallest absolute Gasteiger partial charge is 0.306 e. The third kappa shape index (κ3) is 20.1. The number of nitrogen functional groups attached to an aromatic ring is 2. The highest BCUT2D eigenvalue weighted by Gasteiger charge is 2.25. The van der Waals surface area contributed by atoms with E-state index >= 15 is 0 Å². The number of piperazine rings is 2. The van der Waals surface area contributed by atoms with Gasteiger partial charge in [0, 0.05) is 140 Å². The summed E-state index contributed by atoms with van der Waals surface area (Å²) in [7, 11) is 3.35. The summed E-state index contributed by atoms with van der Waals surface area (Å²) in [5.41, 5.74) is 19.8. The molecule has 2 unspecified atom stereocenters. The van der Waals surface area contributed by atoms with Crippen molar-refractivity contribution in [1.29, 1.82) is 0 Å². The van der Waals surface area contributed by atoms with E-state index in [4.69, 9.17) is 31.2 Å². The molecule has 0 bridgehead atoms. The number of aliphatic carboxylic acids is 2. The number of rotatable bonds is 32. The number of hydrogen-bond acceptors (Lipinski definition) is 18. The fraction of sp³-hybridized carbons (Fsp3) is 0.531. The second-order valence-corrected chi connectivity index (χ2v) is 23.2. The first kappa shape index (κ1) is 68.7. The summed E-state index contributed by atoms with van der Waals surface area (Å²) < 4.78 is 15.7. The van der Waals surface area contributed by atoms with E-state index in [1.165, 1.54) is 6.92 Å². The van der Waals surface area contributed by atoms with Crippen LogP contribution in [0, 0.1) is 11.8 Å². The SMILES string of the molecule is CCCCCNc1nc(N)nc2ccn(Cc3cc(CN4CCN(C(=O)CCNC(=O)C(C)CC(=O)O)CC4)ccc3OC)c12.CCCCCNc1nc(N)nc2ccn(Cc3cc(CN4CCN(C(=O)CCNC(=O)CC(C)C(=O)O)CC4)ccc3OC)c12. The summed E-state index contributed by atoms with van der Waals surface area (Å²) >= 11 is 0. The average Bonchev–Trinajstić information content (AvgIpc) is 2.20. The Hall–Kier alpha value is -8.78. The quantitative estimate of drug-likeness (QED) is 0.0229. The van der Waals surface area contributed by atoms with Crippen molar-refractivity contribution in [3.05, 3.63) is 83.2 Å². The van der Waals surface area contributed by atoms with Crippen LogP contribution in [0.4, 0.5) is 23.5 Å². The van der Waals surface area contributed by atoms with Gasteiger partial charge >= 0.3 is 11.9 Å². The van der Waals surface area contributed by atoms with Gasteiger partial charge in [-0.3, -0.25) is 38.6 Å². The van der Waals surface area contributed by atoms with E-state index in [0.717, 1.165) is 158 Å². The molecule has 0 aliphatic carbocycles. The zero-order chi connectivity index (χ0) is 64.7. The van der Waals surface area contributed by atoms with E-state index in [2.05, 4.69) is 98.3 Å². The molecule has 2 saturated heterocycles. The van der Waals surface area contributed by atoms with E-state index in [-0.39, 0.29) is 74.3 Å². The number of ether oxygens (including phenoxy) is 2. The molecule has 488 valence electrons.